The fraction of sp³-hybridized carbons (Fsp3) is 0.231. The number of carboxylic acids is 1. The number of rotatable bonds is 5. The number of halogens is 1. The Kier molecular flexibility index (Phi) is 4.08. The third kappa shape index (κ3) is 3.27. The summed E-state index contributed by atoms with van der Waals surface area (Å²) in [6.45, 7) is 1.84. The zero-order valence-corrected chi connectivity index (χ0v) is 12.0. The molecule has 0 fully saturated rings. The number of aromatic nitrogens is 2. The monoisotopic (exact) mass is 312 g/mol. The number of hydrogen-bond donors (Lipinski definition) is 1. The van der Waals surface area contributed by atoms with Gasteiger partial charge in [0.15, 0.2) is 9.84 Å². The van der Waals surface area contributed by atoms with Gasteiger partial charge < -0.3 is 9.67 Å². The van der Waals surface area contributed by atoms with Crippen molar-refractivity contribution in [3.8, 4) is 0 Å². The van der Waals surface area contributed by atoms with Crippen LogP contribution in [0.1, 0.15) is 16.2 Å². The van der Waals surface area contributed by atoms with E-state index in [4.69, 9.17) is 5.11 Å². The van der Waals surface area contributed by atoms with E-state index >= 15 is 0 Å². The lowest BCUT2D eigenvalue weighted by molar-refractivity contribution is 0.0696. The molecule has 6 nitrogen and oxygen atoms in total. The molecule has 0 atom stereocenters. The number of imidazole rings is 1. The molecule has 21 heavy (non-hydrogen) atoms. The maximum Gasteiger partial charge on any atom is 0.335 e. The smallest absolute Gasteiger partial charge is 0.335 e. The zero-order valence-electron chi connectivity index (χ0n) is 11.2. The van der Waals surface area contributed by atoms with Crippen molar-refractivity contribution in [1.82, 2.24) is 9.55 Å². The summed E-state index contributed by atoms with van der Waals surface area (Å²) in [5.41, 5.74) is -0.270. The molecule has 1 aromatic heterocycles. The van der Waals surface area contributed by atoms with Crippen LogP contribution in [0, 0.1) is 12.7 Å². The molecule has 0 radical (unpaired) electrons. The Balaban J connectivity index is 2.29. The van der Waals surface area contributed by atoms with E-state index in [9.17, 15) is 17.6 Å². The van der Waals surface area contributed by atoms with Crippen LogP contribution >= 0.6 is 0 Å². The molecule has 2 rings (SSSR count). The number of hydrogen-bond acceptors (Lipinski definition) is 4. The van der Waals surface area contributed by atoms with E-state index in [1.54, 1.807) is 17.7 Å². The Bertz CT molecular complexity index is 783. The van der Waals surface area contributed by atoms with Crippen LogP contribution in [-0.4, -0.2) is 34.8 Å². The molecule has 1 N–H and O–H groups in total. The Hall–Kier alpha value is -2.22. The van der Waals surface area contributed by atoms with E-state index in [1.807, 2.05) is 0 Å². The van der Waals surface area contributed by atoms with Crippen molar-refractivity contribution < 1.29 is 22.7 Å². The van der Waals surface area contributed by atoms with Gasteiger partial charge in [0.25, 0.3) is 0 Å². The second-order valence-electron chi connectivity index (χ2n) is 4.44. The SMILES string of the molecule is Cc1nccn1CCS(=O)(=O)c1cc(C(=O)O)ccc1F. The predicted octanol–water partition coefficient (Wildman–Crippen LogP) is 1.50. The van der Waals surface area contributed by atoms with Crippen molar-refractivity contribution in [3.05, 3.63) is 47.8 Å². The molecule has 0 aliphatic heterocycles. The van der Waals surface area contributed by atoms with E-state index in [1.165, 1.54) is 6.20 Å². The third-order valence-electron chi connectivity index (χ3n) is 3.04. The summed E-state index contributed by atoms with van der Waals surface area (Å²) in [4.78, 5) is 14.2. The number of carbonyl (C=O) groups is 1. The highest BCUT2D eigenvalue weighted by Gasteiger charge is 2.21. The van der Waals surface area contributed by atoms with Gasteiger partial charge in [0.1, 0.15) is 16.5 Å². The topological polar surface area (TPSA) is 89.3 Å². The summed E-state index contributed by atoms with van der Waals surface area (Å²) in [5, 5.41) is 8.85. The van der Waals surface area contributed by atoms with Crippen molar-refractivity contribution in [2.24, 2.45) is 0 Å². The van der Waals surface area contributed by atoms with E-state index in [0.29, 0.717) is 5.82 Å². The van der Waals surface area contributed by atoms with Gasteiger partial charge >= 0.3 is 5.97 Å². The van der Waals surface area contributed by atoms with Gasteiger partial charge in [-0.05, 0) is 25.1 Å². The first-order valence-electron chi connectivity index (χ1n) is 6.04. The molecule has 1 aromatic carbocycles. The fourth-order valence-electron chi connectivity index (χ4n) is 1.84. The highest BCUT2D eigenvalue weighted by Crippen LogP contribution is 2.18. The molecule has 8 heteroatoms. The molecule has 1 heterocycles. The summed E-state index contributed by atoms with van der Waals surface area (Å²) in [7, 11) is -3.93. The average Bonchev–Trinajstić information content (AvgIpc) is 2.82. The normalized spacial score (nSPS) is 11.5. The molecule has 0 aliphatic rings. The van der Waals surface area contributed by atoms with Crippen molar-refractivity contribution in [3.63, 3.8) is 0 Å². The van der Waals surface area contributed by atoms with Gasteiger partial charge in [-0.2, -0.15) is 0 Å². The van der Waals surface area contributed by atoms with Crippen molar-refractivity contribution in [2.45, 2.75) is 18.4 Å². The minimum atomic E-state index is -3.93. The van der Waals surface area contributed by atoms with E-state index < -0.39 is 26.5 Å². The number of sulfone groups is 1. The second-order valence-corrected chi connectivity index (χ2v) is 6.51. The van der Waals surface area contributed by atoms with Crippen molar-refractivity contribution in [1.29, 1.82) is 0 Å². The number of nitrogens with zero attached hydrogens (tertiary/aromatic N) is 2. The molecule has 0 unspecified atom stereocenters. The van der Waals surface area contributed by atoms with Gasteiger partial charge in [0.2, 0.25) is 0 Å². The van der Waals surface area contributed by atoms with E-state index in [2.05, 4.69) is 4.98 Å². The summed E-state index contributed by atoms with van der Waals surface area (Å²) in [6.07, 6.45) is 3.16. The molecule has 112 valence electrons. The number of aromatic carboxylic acids is 1. The predicted molar refractivity (Wildman–Crippen MR) is 72.4 cm³/mol. The molecule has 0 aliphatic carbocycles. The van der Waals surface area contributed by atoms with Crippen LogP contribution in [0.25, 0.3) is 0 Å². The minimum Gasteiger partial charge on any atom is -0.478 e. The molecule has 0 spiro atoms. The highest BCUT2D eigenvalue weighted by atomic mass is 32.2. The second kappa shape index (κ2) is 5.65. The summed E-state index contributed by atoms with van der Waals surface area (Å²) < 4.78 is 39.6. The molecular weight excluding hydrogens is 299 g/mol. The van der Waals surface area contributed by atoms with Crippen LogP contribution in [-0.2, 0) is 16.4 Å². The lowest BCUT2D eigenvalue weighted by atomic mass is 10.2. The van der Waals surface area contributed by atoms with Crippen LogP contribution in [0.4, 0.5) is 4.39 Å². The van der Waals surface area contributed by atoms with Gasteiger partial charge in [-0.1, -0.05) is 0 Å². The molecule has 2 aromatic rings. The Morgan fingerprint density at radius 1 is 1.43 bits per heavy atom. The lowest BCUT2D eigenvalue weighted by Crippen LogP contribution is -2.15. The first kappa shape index (κ1) is 15.2. The maximum absolute atomic E-state index is 13.7. The Morgan fingerprint density at radius 3 is 2.71 bits per heavy atom. The number of aryl methyl sites for hydroxylation is 2. The standard InChI is InChI=1S/C13H13FN2O4S/c1-9-15-4-5-16(9)6-7-21(19,20)12-8-10(13(17)18)2-3-11(12)14/h2-5,8H,6-7H2,1H3,(H,17,18). The van der Waals surface area contributed by atoms with E-state index in [0.717, 1.165) is 18.2 Å². The largest absolute Gasteiger partial charge is 0.478 e. The highest BCUT2D eigenvalue weighted by molar-refractivity contribution is 7.91. The zero-order chi connectivity index (χ0) is 15.6. The average molecular weight is 312 g/mol. The summed E-state index contributed by atoms with van der Waals surface area (Å²) >= 11 is 0. The minimum absolute atomic E-state index is 0.116. The number of carboxylic acid groups (broad SMARTS) is 1. The molecule has 0 bridgehead atoms. The third-order valence-corrected chi connectivity index (χ3v) is 4.74. The molecule has 0 saturated carbocycles. The quantitative estimate of drug-likeness (QED) is 0.903. The van der Waals surface area contributed by atoms with Gasteiger partial charge in [0.05, 0.1) is 11.3 Å². The molecule has 0 amide bonds. The summed E-state index contributed by atoms with van der Waals surface area (Å²) in [5.74, 6) is -1.96. The molecule has 0 saturated heterocycles. The lowest BCUT2D eigenvalue weighted by Gasteiger charge is -2.08. The first-order chi connectivity index (χ1) is 9.81. The van der Waals surface area contributed by atoms with Gasteiger partial charge in [-0.3, -0.25) is 0 Å². The summed E-state index contributed by atoms with van der Waals surface area (Å²) in [6, 6.07) is 2.71. The first-order valence-corrected chi connectivity index (χ1v) is 7.70. The Morgan fingerprint density at radius 2 is 2.14 bits per heavy atom. The van der Waals surface area contributed by atoms with Crippen LogP contribution in [0.2, 0.25) is 0 Å². The van der Waals surface area contributed by atoms with Crippen LogP contribution in [0.5, 0.6) is 0 Å². The van der Waals surface area contributed by atoms with E-state index in [-0.39, 0.29) is 17.9 Å². The van der Waals surface area contributed by atoms with Gasteiger partial charge in [-0.25, -0.2) is 22.6 Å². The number of benzene rings is 1. The van der Waals surface area contributed by atoms with Crippen LogP contribution in [0.15, 0.2) is 35.5 Å². The van der Waals surface area contributed by atoms with Gasteiger partial charge in [0, 0.05) is 18.9 Å². The van der Waals surface area contributed by atoms with Crippen LogP contribution in [0.3, 0.4) is 0 Å². The molecular formula is C13H13FN2O4S. The maximum atomic E-state index is 13.7. The van der Waals surface area contributed by atoms with Crippen molar-refractivity contribution >= 4 is 15.8 Å². The van der Waals surface area contributed by atoms with Gasteiger partial charge in [-0.15, -0.1) is 0 Å². The van der Waals surface area contributed by atoms with Crippen molar-refractivity contribution in [2.75, 3.05) is 5.75 Å². The fourth-order valence-corrected chi connectivity index (χ4v) is 3.17. The Labute approximate surface area is 120 Å². The van der Waals surface area contributed by atoms with Crippen LogP contribution < -0.4 is 0 Å².